The number of methoxy groups -OCH3 is 1. The van der Waals surface area contributed by atoms with E-state index in [4.69, 9.17) is 9.15 Å². The molecular formula is C24H22O5. The molecule has 0 saturated heterocycles. The number of carbonyl (C=O) groups excluding carboxylic acids is 1. The molecule has 1 heterocycles. The topological polar surface area (TPSA) is 76.7 Å². The van der Waals surface area contributed by atoms with E-state index in [1.807, 2.05) is 26.0 Å². The van der Waals surface area contributed by atoms with Gasteiger partial charge in [-0.2, -0.15) is 0 Å². The van der Waals surface area contributed by atoms with E-state index < -0.39 is 0 Å². The summed E-state index contributed by atoms with van der Waals surface area (Å²) < 4.78 is 11.0. The lowest BCUT2D eigenvalue weighted by Gasteiger charge is -2.22. The van der Waals surface area contributed by atoms with Gasteiger partial charge in [0.05, 0.1) is 7.11 Å². The molecule has 2 aliphatic carbocycles. The predicted molar refractivity (Wildman–Crippen MR) is 112 cm³/mol. The molecule has 0 amide bonds. The van der Waals surface area contributed by atoms with Gasteiger partial charge in [-0.1, -0.05) is 11.6 Å². The molecule has 148 valence electrons. The van der Waals surface area contributed by atoms with Crippen LogP contribution in [0, 0.1) is 13.8 Å². The maximum absolute atomic E-state index is 12.5. The number of rotatable bonds is 2. The largest absolute Gasteiger partial charge is 0.508 e. The summed E-state index contributed by atoms with van der Waals surface area (Å²) in [5.41, 5.74) is 5.71. The van der Waals surface area contributed by atoms with Crippen LogP contribution in [0.5, 0.6) is 5.75 Å². The summed E-state index contributed by atoms with van der Waals surface area (Å²) in [6.07, 6.45) is 3.37. The molecule has 0 atom stereocenters. The molecule has 1 aromatic carbocycles. The monoisotopic (exact) mass is 390 g/mol. The average Bonchev–Trinajstić information content (AvgIpc) is 2.68. The van der Waals surface area contributed by atoms with Gasteiger partial charge in [0, 0.05) is 34.2 Å². The number of hydrogen-bond donors (Lipinski definition) is 1. The first-order valence-electron chi connectivity index (χ1n) is 9.50. The first kappa shape index (κ1) is 19.0. The van der Waals surface area contributed by atoms with Gasteiger partial charge in [0.2, 0.25) is 0 Å². The summed E-state index contributed by atoms with van der Waals surface area (Å²) in [4.78, 5) is 24.8. The first-order chi connectivity index (χ1) is 13.8. The highest BCUT2D eigenvalue weighted by atomic mass is 16.5. The lowest BCUT2D eigenvalue weighted by molar-refractivity contribution is -0.136. The normalized spacial score (nSPS) is 14.4. The molecule has 1 aliphatic heterocycles. The lowest BCUT2D eigenvalue weighted by atomic mass is 9.84. The van der Waals surface area contributed by atoms with Crippen LogP contribution in [0.2, 0.25) is 0 Å². The fourth-order valence-corrected chi connectivity index (χ4v) is 3.88. The van der Waals surface area contributed by atoms with E-state index in [9.17, 15) is 14.7 Å². The first-order valence-corrected chi connectivity index (χ1v) is 9.50. The number of phenols is 1. The van der Waals surface area contributed by atoms with Crippen molar-refractivity contribution in [1.29, 1.82) is 0 Å². The van der Waals surface area contributed by atoms with Crippen LogP contribution >= 0.6 is 0 Å². The molecule has 0 fully saturated rings. The van der Waals surface area contributed by atoms with Crippen molar-refractivity contribution in [2.24, 2.45) is 0 Å². The van der Waals surface area contributed by atoms with E-state index in [1.165, 1.54) is 13.2 Å². The third-order valence-corrected chi connectivity index (χ3v) is 5.52. The number of phenolic OH excluding ortho intramolecular Hbond substituents is 1. The molecule has 4 rings (SSSR count). The summed E-state index contributed by atoms with van der Waals surface area (Å²) in [6, 6.07) is 6.67. The SMILES string of the molecule is COC(=O)C1=C(c2c3cc(C)c(=O)cc-3oc3cc(O)c(C)cc23)C=C(C)CC1. The molecule has 29 heavy (non-hydrogen) atoms. The molecule has 0 saturated carbocycles. The number of aryl methyl sites for hydroxylation is 2. The summed E-state index contributed by atoms with van der Waals surface area (Å²) >= 11 is 0. The Bertz CT molecular complexity index is 1260. The van der Waals surface area contributed by atoms with E-state index in [2.05, 4.69) is 0 Å². The van der Waals surface area contributed by atoms with E-state index in [0.717, 1.165) is 34.1 Å². The fraction of sp³-hybridized carbons (Fsp3) is 0.250. The van der Waals surface area contributed by atoms with Crippen molar-refractivity contribution >= 4 is 22.5 Å². The predicted octanol–water partition coefficient (Wildman–Crippen LogP) is 4.89. The zero-order valence-electron chi connectivity index (χ0n) is 16.9. The highest BCUT2D eigenvalue weighted by Gasteiger charge is 2.26. The minimum Gasteiger partial charge on any atom is -0.508 e. The zero-order valence-corrected chi connectivity index (χ0v) is 16.9. The molecule has 0 aromatic heterocycles. The van der Waals surface area contributed by atoms with Crippen LogP contribution in [0.3, 0.4) is 0 Å². The van der Waals surface area contributed by atoms with Gasteiger partial charge in [0.1, 0.15) is 17.1 Å². The number of hydrogen-bond acceptors (Lipinski definition) is 5. The smallest absolute Gasteiger partial charge is 0.334 e. The Morgan fingerprint density at radius 1 is 1.07 bits per heavy atom. The number of ether oxygens (including phenoxy) is 1. The number of benzene rings is 2. The Balaban J connectivity index is 2.23. The molecule has 0 unspecified atom stereocenters. The van der Waals surface area contributed by atoms with E-state index in [1.54, 1.807) is 19.1 Å². The number of esters is 1. The van der Waals surface area contributed by atoms with Crippen LogP contribution in [0.15, 0.2) is 50.7 Å². The number of aromatic hydroxyl groups is 1. The Labute approximate surface area is 168 Å². The number of carbonyl (C=O) groups is 1. The maximum Gasteiger partial charge on any atom is 0.334 e. The molecule has 0 spiro atoms. The van der Waals surface area contributed by atoms with Gasteiger partial charge < -0.3 is 14.3 Å². The molecule has 0 radical (unpaired) electrons. The second-order valence-electron chi connectivity index (χ2n) is 7.60. The van der Waals surface area contributed by atoms with E-state index in [-0.39, 0.29) is 17.1 Å². The third-order valence-electron chi connectivity index (χ3n) is 5.52. The van der Waals surface area contributed by atoms with Crippen molar-refractivity contribution in [3.05, 3.63) is 68.4 Å². The summed E-state index contributed by atoms with van der Waals surface area (Å²) in [5.74, 6) is 0.164. The van der Waals surface area contributed by atoms with Crippen molar-refractivity contribution in [2.45, 2.75) is 33.6 Å². The van der Waals surface area contributed by atoms with Gasteiger partial charge in [0.15, 0.2) is 5.43 Å². The second kappa shape index (κ2) is 6.92. The lowest BCUT2D eigenvalue weighted by Crippen LogP contribution is -2.12. The second-order valence-corrected chi connectivity index (χ2v) is 7.60. The Morgan fingerprint density at radius 3 is 2.55 bits per heavy atom. The Hall–Kier alpha value is -3.34. The average molecular weight is 390 g/mol. The third kappa shape index (κ3) is 3.12. The van der Waals surface area contributed by atoms with Crippen molar-refractivity contribution < 1.29 is 19.1 Å². The van der Waals surface area contributed by atoms with Crippen molar-refractivity contribution in [3.8, 4) is 17.1 Å². The van der Waals surface area contributed by atoms with E-state index >= 15 is 0 Å². The highest BCUT2D eigenvalue weighted by molar-refractivity contribution is 6.08. The van der Waals surface area contributed by atoms with Crippen LogP contribution in [-0.4, -0.2) is 18.2 Å². The van der Waals surface area contributed by atoms with E-state index in [0.29, 0.717) is 34.5 Å². The van der Waals surface area contributed by atoms with Gasteiger partial charge in [-0.15, -0.1) is 0 Å². The fourth-order valence-electron chi connectivity index (χ4n) is 3.88. The van der Waals surface area contributed by atoms with Crippen molar-refractivity contribution in [1.82, 2.24) is 0 Å². The molecular weight excluding hydrogens is 368 g/mol. The molecule has 5 heteroatoms. The van der Waals surface area contributed by atoms with Gasteiger partial charge in [-0.3, -0.25) is 4.79 Å². The molecule has 5 nitrogen and oxygen atoms in total. The van der Waals surface area contributed by atoms with Crippen LogP contribution in [-0.2, 0) is 9.53 Å². The van der Waals surface area contributed by atoms with Gasteiger partial charge in [-0.25, -0.2) is 4.79 Å². The molecule has 1 N–H and O–H groups in total. The van der Waals surface area contributed by atoms with Gasteiger partial charge in [0.25, 0.3) is 0 Å². The van der Waals surface area contributed by atoms with Crippen LogP contribution in [0.25, 0.3) is 27.9 Å². The quantitative estimate of drug-likeness (QED) is 0.498. The summed E-state index contributed by atoms with van der Waals surface area (Å²) in [5, 5.41) is 11.0. The molecule has 1 aromatic rings. The van der Waals surface area contributed by atoms with Crippen LogP contribution < -0.4 is 5.43 Å². The maximum atomic E-state index is 12.5. The van der Waals surface area contributed by atoms with Gasteiger partial charge >= 0.3 is 5.97 Å². The van der Waals surface area contributed by atoms with Crippen molar-refractivity contribution in [3.63, 3.8) is 0 Å². The number of fused-ring (bicyclic) bond motifs is 2. The minimum absolute atomic E-state index is 0.110. The van der Waals surface area contributed by atoms with Gasteiger partial charge in [-0.05, 0) is 62.4 Å². The summed E-state index contributed by atoms with van der Waals surface area (Å²) in [7, 11) is 1.38. The summed E-state index contributed by atoms with van der Waals surface area (Å²) in [6.45, 7) is 5.60. The molecule has 3 aliphatic rings. The van der Waals surface area contributed by atoms with Crippen molar-refractivity contribution in [2.75, 3.05) is 7.11 Å². The Kier molecular flexibility index (Phi) is 4.53. The number of allylic oxidation sites excluding steroid dienone is 3. The van der Waals surface area contributed by atoms with Crippen LogP contribution in [0.4, 0.5) is 0 Å². The highest BCUT2D eigenvalue weighted by Crippen LogP contribution is 2.43. The minimum atomic E-state index is -0.362. The Morgan fingerprint density at radius 2 is 1.83 bits per heavy atom. The zero-order chi connectivity index (χ0) is 20.9. The molecule has 0 bridgehead atoms. The van der Waals surface area contributed by atoms with Crippen LogP contribution in [0.1, 0.15) is 36.5 Å². The standard InChI is InChI=1S/C24H22O5/c1-12-5-6-15(24(27)28-4)16(7-12)23-17-8-13(2)19(25)10-21(17)29-22-11-20(26)14(3)9-18(22)23/h7-11,25H,5-6H2,1-4H3.